The first-order valence-electron chi connectivity index (χ1n) is 7.05. The van der Waals surface area contributed by atoms with Crippen molar-refractivity contribution in [3.05, 3.63) is 35.6 Å². The second-order valence-electron chi connectivity index (χ2n) is 5.21. The fourth-order valence-corrected chi connectivity index (χ4v) is 2.52. The monoisotopic (exact) mass is 280 g/mol. The highest BCUT2D eigenvalue weighted by Gasteiger charge is 2.23. The molecule has 1 atom stereocenters. The van der Waals surface area contributed by atoms with Crippen molar-refractivity contribution in [1.82, 2.24) is 10.2 Å². The molecule has 110 valence electrons. The third-order valence-electron chi connectivity index (χ3n) is 3.71. The van der Waals surface area contributed by atoms with E-state index in [0.717, 1.165) is 31.4 Å². The lowest BCUT2D eigenvalue weighted by molar-refractivity contribution is -0.123. The number of hydrogen-bond acceptors (Lipinski definition) is 3. The topological polar surface area (TPSA) is 52.6 Å². The van der Waals surface area contributed by atoms with Gasteiger partial charge in [-0.3, -0.25) is 9.69 Å². The van der Waals surface area contributed by atoms with E-state index in [1.165, 1.54) is 12.1 Å². The summed E-state index contributed by atoms with van der Waals surface area (Å²) < 4.78 is 12.8. The highest BCUT2D eigenvalue weighted by Crippen LogP contribution is 2.15. The standard InChI is InChI=1S/C15H21FN2O2/c16-13-6-4-12(5-7-13)9-17-15(20)10-18-8-2-1-3-14(18)11-19/h4-7,14,19H,1-3,8-11H2,(H,17,20). The van der Waals surface area contributed by atoms with Crippen molar-refractivity contribution >= 4 is 5.91 Å². The first-order valence-corrected chi connectivity index (χ1v) is 7.05. The Balaban J connectivity index is 1.78. The van der Waals surface area contributed by atoms with Crippen molar-refractivity contribution < 1.29 is 14.3 Å². The Kier molecular flexibility index (Phi) is 5.49. The number of nitrogens with zero attached hydrogens (tertiary/aromatic N) is 1. The summed E-state index contributed by atoms with van der Waals surface area (Å²) in [5.41, 5.74) is 0.872. The number of piperidine rings is 1. The van der Waals surface area contributed by atoms with E-state index in [1.807, 2.05) is 4.90 Å². The molecule has 1 aromatic rings. The zero-order valence-corrected chi connectivity index (χ0v) is 11.5. The van der Waals surface area contributed by atoms with Gasteiger partial charge in [-0.25, -0.2) is 4.39 Å². The zero-order chi connectivity index (χ0) is 14.4. The molecule has 0 aliphatic carbocycles. The summed E-state index contributed by atoms with van der Waals surface area (Å²) in [6.45, 7) is 1.67. The van der Waals surface area contributed by atoms with Crippen LogP contribution in [0.5, 0.6) is 0 Å². The maximum absolute atomic E-state index is 12.8. The molecule has 0 radical (unpaired) electrons. The number of aliphatic hydroxyl groups is 1. The van der Waals surface area contributed by atoms with Gasteiger partial charge in [0, 0.05) is 12.6 Å². The molecule has 1 heterocycles. The average molecular weight is 280 g/mol. The van der Waals surface area contributed by atoms with E-state index < -0.39 is 0 Å². The second-order valence-corrected chi connectivity index (χ2v) is 5.21. The van der Waals surface area contributed by atoms with Crippen LogP contribution >= 0.6 is 0 Å². The number of hydrogen-bond donors (Lipinski definition) is 2. The Morgan fingerprint density at radius 3 is 2.80 bits per heavy atom. The van der Waals surface area contributed by atoms with Crippen molar-refractivity contribution in [3.63, 3.8) is 0 Å². The summed E-state index contributed by atoms with van der Waals surface area (Å²) in [7, 11) is 0. The molecule has 1 aliphatic heterocycles. The summed E-state index contributed by atoms with van der Waals surface area (Å²) in [6, 6.07) is 6.18. The Bertz CT molecular complexity index is 436. The lowest BCUT2D eigenvalue weighted by atomic mass is 10.0. The lowest BCUT2D eigenvalue weighted by Crippen LogP contribution is -2.46. The Labute approximate surface area is 118 Å². The van der Waals surface area contributed by atoms with Crippen LogP contribution in [0.3, 0.4) is 0 Å². The molecule has 1 aliphatic rings. The van der Waals surface area contributed by atoms with Gasteiger partial charge < -0.3 is 10.4 Å². The largest absolute Gasteiger partial charge is 0.395 e. The molecule has 1 fully saturated rings. The fraction of sp³-hybridized carbons (Fsp3) is 0.533. The maximum atomic E-state index is 12.8. The third-order valence-corrected chi connectivity index (χ3v) is 3.71. The van der Waals surface area contributed by atoms with Gasteiger partial charge in [-0.05, 0) is 37.1 Å². The van der Waals surface area contributed by atoms with Gasteiger partial charge >= 0.3 is 0 Å². The van der Waals surface area contributed by atoms with Gasteiger partial charge in [-0.2, -0.15) is 0 Å². The van der Waals surface area contributed by atoms with Crippen LogP contribution in [0.4, 0.5) is 4.39 Å². The summed E-state index contributed by atoms with van der Waals surface area (Å²) in [6.07, 6.45) is 3.13. The van der Waals surface area contributed by atoms with Gasteiger partial charge in [0.05, 0.1) is 13.2 Å². The number of halogens is 1. The minimum Gasteiger partial charge on any atom is -0.395 e. The molecule has 0 aromatic heterocycles. The first kappa shape index (κ1) is 14.9. The molecule has 1 amide bonds. The predicted molar refractivity (Wildman–Crippen MR) is 74.5 cm³/mol. The molecule has 2 N–H and O–H groups in total. The molecule has 1 aromatic carbocycles. The normalized spacial score (nSPS) is 19.8. The van der Waals surface area contributed by atoms with E-state index in [2.05, 4.69) is 5.32 Å². The number of nitrogens with one attached hydrogen (secondary N) is 1. The average Bonchev–Trinajstić information content (AvgIpc) is 2.47. The Morgan fingerprint density at radius 2 is 2.10 bits per heavy atom. The predicted octanol–water partition coefficient (Wildman–Crippen LogP) is 1.29. The number of benzene rings is 1. The molecular weight excluding hydrogens is 259 g/mol. The van der Waals surface area contributed by atoms with Crippen LogP contribution < -0.4 is 5.32 Å². The number of carbonyl (C=O) groups excluding carboxylic acids is 1. The minimum atomic E-state index is -0.279. The highest BCUT2D eigenvalue weighted by molar-refractivity contribution is 5.78. The number of carbonyl (C=O) groups is 1. The fourth-order valence-electron chi connectivity index (χ4n) is 2.52. The van der Waals surface area contributed by atoms with E-state index in [-0.39, 0.29) is 24.4 Å². The van der Waals surface area contributed by atoms with Crippen LogP contribution in [0.2, 0.25) is 0 Å². The van der Waals surface area contributed by atoms with Crippen LogP contribution in [-0.2, 0) is 11.3 Å². The molecule has 4 nitrogen and oxygen atoms in total. The maximum Gasteiger partial charge on any atom is 0.234 e. The Morgan fingerprint density at radius 1 is 1.35 bits per heavy atom. The number of aliphatic hydroxyl groups excluding tert-OH is 1. The second kappa shape index (κ2) is 7.36. The van der Waals surface area contributed by atoms with Gasteiger partial charge in [0.25, 0.3) is 0 Å². The van der Waals surface area contributed by atoms with Gasteiger partial charge in [0.2, 0.25) is 5.91 Å². The van der Waals surface area contributed by atoms with Crippen LogP contribution in [0, 0.1) is 5.82 Å². The molecule has 0 bridgehead atoms. The van der Waals surface area contributed by atoms with Crippen molar-refractivity contribution in [2.75, 3.05) is 19.7 Å². The van der Waals surface area contributed by atoms with Gasteiger partial charge in [0.15, 0.2) is 0 Å². The summed E-state index contributed by atoms with van der Waals surface area (Å²) >= 11 is 0. The number of likely N-dealkylation sites (tertiary alicyclic amines) is 1. The van der Waals surface area contributed by atoms with Gasteiger partial charge in [-0.15, -0.1) is 0 Å². The molecule has 1 unspecified atom stereocenters. The van der Waals surface area contributed by atoms with E-state index in [4.69, 9.17) is 0 Å². The first-order chi connectivity index (χ1) is 9.69. The van der Waals surface area contributed by atoms with E-state index in [1.54, 1.807) is 12.1 Å². The quantitative estimate of drug-likeness (QED) is 0.854. The van der Waals surface area contributed by atoms with Crippen LogP contribution in [0.25, 0.3) is 0 Å². The molecule has 0 saturated carbocycles. The zero-order valence-electron chi connectivity index (χ0n) is 11.5. The summed E-state index contributed by atoms with van der Waals surface area (Å²) in [5, 5.41) is 12.1. The van der Waals surface area contributed by atoms with Crippen molar-refractivity contribution in [1.29, 1.82) is 0 Å². The lowest BCUT2D eigenvalue weighted by Gasteiger charge is -2.33. The smallest absolute Gasteiger partial charge is 0.234 e. The van der Waals surface area contributed by atoms with Gasteiger partial charge in [-0.1, -0.05) is 18.6 Å². The molecule has 0 spiro atoms. The molecule has 5 heteroatoms. The molecule has 20 heavy (non-hydrogen) atoms. The molecular formula is C15H21FN2O2. The van der Waals surface area contributed by atoms with Gasteiger partial charge in [0.1, 0.15) is 5.82 Å². The summed E-state index contributed by atoms with van der Waals surface area (Å²) in [4.78, 5) is 13.9. The van der Waals surface area contributed by atoms with E-state index in [9.17, 15) is 14.3 Å². The molecule has 1 saturated heterocycles. The molecule has 2 rings (SSSR count). The van der Waals surface area contributed by atoms with Crippen molar-refractivity contribution in [2.45, 2.75) is 31.8 Å². The van der Waals surface area contributed by atoms with Crippen LogP contribution in [0.15, 0.2) is 24.3 Å². The third kappa shape index (κ3) is 4.28. The van der Waals surface area contributed by atoms with E-state index >= 15 is 0 Å². The van der Waals surface area contributed by atoms with Crippen LogP contribution in [-0.4, -0.2) is 41.7 Å². The van der Waals surface area contributed by atoms with E-state index in [0.29, 0.717) is 13.1 Å². The van der Waals surface area contributed by atoms with Crippen LogP contribution in [0.1, 0.15) is 24.8 Å². The van der Waals surface area contributed by atoms with Crippen molar-refractivity contribution in [2.24, 2.45) is 0 Å². The number of amides is 1. The summed E-state index contributed by atoms with van der Waals surface area (Å²) in [5.74, 6) is -0.339. The highest BCUT2D eigenvalue weighted by atomic mass is 19.1. The minimum absolute atomic E-state index is 0.0605. The number of rotatable bonds is 5. The Hall–Kier alpha value is -1.46. The van der Waals surface area contributed by atoms with Crippen molar-refractivity contribution in [3.8, 4) is 0 Å². The SMILES string of the molecule is O=C(CN1CCCCC1CO)NCc1ccc(F)cc1.